The monoisotopic (exact) mass is 439 g/mol. The van der Waals surface area contributed by atoms with Crippen molar-refractivity contribution in [2.75, 3.05) is 30.0 Å². The third-order valence-corrected chi connectivity index (χ3v) is 5.52. The molecule has 9 nitrogen and oxygen atoms in total. The number of anilines is 2. The van der Waals surface area contributed by atoms with E-state index in [2.05, 4.69) is 15.4 Å². The highest BCUT2D eigenvalue weighted by Gasteiger charge is 2.35. The zero-order chi connectivity index (χ0) is 21.4. The SMILES string of the molecule is O=C(Nc1ccc(-n2cncn2)c(Cl)c1)C1CC(=O)N(c2ccc3c(c2)OCCO3)C1. The van der Waals surface area contributed by atoms with E-state index in [-0.39, 0.29) is 24.8 Å². The van der Waals surface area contributed by atoms with E-state index in [0.29, 0.717) is 46.8 Å². The first-order chi connectivity index (χ1) is 15.1. The standard InChI is InChI=1S/C21H18ClN5O4/c22-16-8-14(1-3-17(16)27-12-23-11-24-27)25-21(29)13-7-20(28)26(10-13)15-2-4-18-19(9-15)31-6-5-30-18/h1-4,8-9,11-13H,5-7,10H2,(H,25,29). The zero-order valence-electron chi connectivity index (χ0n) is 16.3. The number of carbonyl (C=O) groups excluding carboxylic acids is 2. The zero-order valence-corrected chi connectivity index (χ0v) is 17.1. The van der Waals surface area contributed by atoms with Gasteiger partial charge in [0.05, 0.1) is 16.6 Å². The van der Waals surface area contributed by atoms with Crippen molar-refractivity contribution in [1.82, 2.24) is 14.8 Å². The first-order valence-electron chi connectivity index (χ1n) is 9.74. The Morgan fingerprint density at radius 2 is 1.97 bits per heavy atom. The molecule has 1 aromatic heterocycles. The van der Waals surface area contributed by atoms with Gasteiger partial charge in [0.25, 0.3) is 0 Å². The van der Waals surface area contributed by atoms with Crippen molar-refractivity contribution in [3.63, 3.8) is 0 Å². The summed E-state index contributed by atoms with van der Waals surface area (Å²) in [5.74, 6) is 0.428. The van der Waals surface area contributed by atoms with Crippen LogP contribution in [0, 0.1) is 5.92 Å². The van der Waals surface area contributed by atoms with Gasteiger partial charge in [-0.05, 0) is 30.3 Å². The Hall–Kier alpha value is -3.59. The van der Waals surface area contributed by atoms with Gasteiger partial charge in [-0.3, -0.25) is 9.59 Å². The van der Waals surface area contributed by atoms with Crippen molar-refractivity contribution in [1.29, 1.82) is 0 Å². The Morgan fingerprint density at radius 1 is 1.13 bits per heavy atom. The van der Waals surface area contributed by atoms with E-state index in [1.165, 1.54) is 17.3 Å². The summed E-state index contributed by atoms with van der Waals surface area (Å²) < 4.78 is 12.7. The predicted octanol–water partition coefficient (Wildman–Crippen LogP) is 2.68. The largest absolute Gasteiger partial charge is 0.486 e. The Balaban J connectivity index is 1.28. The predicted molar refractivity (Wildman–Crippen MR) is 113 cm³/mol. The van der Waals surface area contributed by atoms with Crippen molar-refractivity contribution in [2.45, 2.75) is 6.42 Å². The quantitative estimate of drug-likeness (QED) is 0.671. The lowest BCUT2D eigenvalue weighted by atomic mass is 10.1. The average molecular weight is 440 g/mol. The second kappa shape index (κ2) is 7.92. The molecule has 1 unspecified atom stereocenters. The molecule has 5 rings (SSSR count). The lowest BCUT2D eigenvalue weighted by Crippen LogP contribution is -2.28. The molecule has 158 valence electrons. The van der Waals surface area contributed by atoms with Gasteiger partial charge in [0.15, 0.2) is 11.5 Å². The molecule has 1 saturated heterocycles. The minimum absolute atomic E-state index is 0.114. The van der Waals surface area contributed by atoms with Gasteiger partial charge in [-0.2, -0.15) is 5.10 Å². The van der Waals surface area contributed by atoms with Crippen LogP contribution in [0.2, 0.25) is 5.02 Å². The van der Waals surface area contributed by atoms with Gasteiger partial charge in [0, 0.05) is 30.4 Å². The van der Waals surface area contributed by atoms with Gasteiger partial charge < -0.3 is 19.7 Å². The van der Waals surface area contributed by atoms with Crippen LogP contribution in [0.5, 0.6) is 11.5 Å². The number of rotatable bonds is 4. The average Bonchev–Trinajstić information content (AvgIpc) is 3.43. The summed E-state index contributed by atoms with van der Waals surface area (Å²) in [6, 6.07) is 10.5. The topological polar surface area (TPSA) is 98.6 Å². The molecule has 0 aliphatic carbocycles. The first kappa shape index (κ1) is 19.4. The molecule has 2 aromatic carbocycles. The molecular formula is C21H18ClN5O4. The molecule has 1 fully saturated rings. The summed E-state index contributed by atoms with van der Waals surface area (Å²) in [6.45, 7) is 1.25. The van der Waals surface area contributed by atoms with Crippen molar-refractivity contribution in [3.05, 3.63) is 54.1 Å². The molecule has 1 atom stereocenters. The number of fused-ring (bicyclic) bond motifs is 1. The third-order valence-electron chi connectivity index (χ3n) is 5.21. The van der Waals surface area contributed by atoms with E-state index in [0.717, 1.165) is 0 Å². The van der Waals surface area contributed by atoms with Gasteiger partial charge in [-0.1, -0.05) is 11.6 Å². The maximum Gasteiger partial charge on any atom is 0.229 e. The van der Waals surface area contributed by atoms with Crippen LogP contribution < -0.4 is 19.7 Å². The van der Waals surface area contributed by atoms with Crippen molar-refractivity contribution in [3.8, 4) is 17.2 Å². The smallest absolute Gasteiger partial charge is 0.229 e. The van der Waals surface area contributed by atoms with Gasteiger partial charge in [0.1, 0.15) is 25.9 Å². The highest BCUT2D eigenvalue weighted by atomic mass is 35.5. The summed E-state index contributed by atoms with van der Waals surface area (Å²) in [5.41, 5.74) is 1.88. The van der Waals surface area contributed by atoms with Gasteiger partial charge in [0.2, 0.25) is 11.8 Å². The molecule has 0 saturated carbocycles. The number of amides is 2. The van der Waals surface area contributed by atoms with Crippen LogP contribution >= 0.6 is 11.6 Å². The highest BCUT2D eigenvalue weighted by molar-refractivity contribution is 6.32. The summed E-state index contributed by atoms with van der Waals surface area (Å²) in [7, 11) is 0. The number of hydrogen-bond donors (Lipinski definition) is 1. The molecular weight excluding hydrogens is 422 g/mol. The van der Waals surface area contributed by atoms with Crippen LogP contribution in [0.15, 0.2) is 49.1 Å². The Kier molecular flexibility index (Phi) is 4.95. The molecule has 10 heteroatoms. The minimum atomic E-state index is -0.477. The summed E-state index contributed by atoms with van der Waals surface area (Å²) in [5, 5.41) is 7.31. The van der Waals surface area contributed by atoms with Crippen LogP contribution in [0.25, 0.3) is 5.69 Å². The molecule has 0 bridgehead atoms. The van der Waals surface area contributed by atoms with E-state index in [9.17, 15) is 9.59 Å². The Morgan fingerprint density at radius 3 is 2.74 bits per heavy atom. The number of nitrogens with one attached hydrogen (secondary N) is 1. The molecule has 1 N–H and O–H groups in total. The van der Waals surface area contributed by atoms with E-state index in [1.54, 1.807) is 41.3 Å². The molecule has 3 aromatic rings. The Labute approximate surface area is 182 Å². The number of nitrogens with zero attached hydrogens (tertiary/aromatic N) is 4. The van der Waals surface area contributed by atoms with E-state index >= 15 is 0 Å². The van der Waals surface area contributed by atoms with Crippen LogP contribution in [-0.2, 0) is 9.59 Å². The number of carbonyl (C=O) groups is 2. The van der Waals surface area contributed by atoms with Crippen LogP contribution in [0.4, 0.5) is 11.4 Å². The molecule has 2 amide bonds. The maximum atomic E-state index is 12.8. The molecule has 3 heterocycles. The normalized spacial score (nSPS) is 17.6. The van der Waals surface area contributed by atoms with Crippen molar-refractivity contribution in [2.24, 2.45) is 5.92 Å². The Bertz CT molecular complexity index is 1150. The van der Waals surface area contributed by atoms with E-state index in [1.807, 2.05) is 0 Å². The molecule has 2 aliphatic heterocycles. The number of aromatic nitrogens is 3. The fourth-order valence-electron chi connectivity index (χ4n) is 3.68. The fourth-order valence-corrected chi connectivity index (χ4v) is 3.95. The summed E-state index contributed by atoms with van der Waals surface area (Å²) in [4.78, 5) is 30.9. The third kappa shape index (κ3) is 3.79. The van der Waals surface area contributed by atoms with E-state index < -0.39 is 5.92 Å². The number of hydrogen-bond acceptors (Lipinski definition) is 6. The second-order valence-corrected chi connectivity index (χ2v) is 7.64. The lowest BCUT2D eigenvalue weighted by molar-refractivity contribution is -0.122. The summed E-state index contributed by atoms with van der Waals surface area (Å²) in [6.07, 6.45) is 3.08. The lowest BCUT2D eigenvalue weighted by Gasteiger charge is -2.22. The summed E-state index contributed by atoms with van der Waals surface area (Å²) >= 11 is 6.32. The number of ether oxygens (including phenoxy) is 2. The molecule has 31 heavy (non-hydrogen) atoms. The minimum Gasteiger partial charge on any atom is -0.486 e. The van der Waals surface area contributed by atoms with Crippen LogP contribution in [-0.4, -0.2) is 46.3 Å². The number of benzene rings is 2. The van der Waals surface area contributed by atoms with E-state index in [4.69, 9.17) is 21.1 Å². The molecule has 2 aliphatic rings. The maximum absolute atomic E-state index is 12.8. The number of halogens is 1. The van der Waals surface area contributed by atoms with Gasteiger partial charge >= 0.3 is 0 Å². The molecule has 0 radical (unpaired) electrons. The second-order valence-electron chi connectivity index (χ2n) is 7.23. The van der Waals surface area contributed by atoms with Crippen molar-refractivity contribution >= 4 is 34.8 Å². The van der Waals surface area contributed by atoms with Gasteiger partial charge in [-0.25, -0.2) is 9.67 Å². The van der Waals surface area contributed by atoms with Crippen molar-refractivity contribution < 1.29 is 19.1 Å². The first-order valence-corrected chi connectivity index (χ1v) is 10.1. The van der Waals surface area contributed by atoms with Crippen LogP contribution in [0.3, 0.4) is 0 Å². The fraction of sp³-hybridized carbons (Fsp3) is 0.238. The van der Waals surface area contributed by atoms with Crippen LogP contribution in [0.1, 0.15) is 6.42 Å². The van der Waals surface area contributed by atoms with Gasteiger partial charge in [-0.15, -0.1) is 0 Å². The highest BCUT2D eigenvalue weighted by Crippen LogP contribution is 2.36. The molecule has 0 spiro atoms.